The molecule has 0 spiro atoms. The standard InChI is InChI=1S/C41H46O9/c1-43-41-40(47-27-33-20-12-5-13-21-33)39(50-37-23-22-34(42)35(48-37)28-44-24-30-14-6-2-7-15-30)38(46-26-32-18-10-4-11-19-32)36(49-41)29-45-25-31-16-8-3-9-17-31/h2-23,34-42H,24-29H2,1H3/t34-,35-,36-,37+,38-,39+,40-,41+/m1/s1. The second kappa shape index (κ2) is 19.0. The summed E-state index contributed by atoms with van der Waals surface area (Å²) < 4.78 is 50.8. The van der Waals surface area contributed by atoms with Crippen LogP contribution >= 0.6 is 0 Å². The van der Waals surface area contributed by atoms with Crippen molar-refractivity contribution in [2.24, 2.45) is 0 Å². The first-order chi connectivity index (χ1) is 24.7. The average Bonchev–Trinajstić information content (AvgIpc) is 3.16. The molecular formula is C41H46O9. The minimum absolute atomic E-state index is 0.173. The summed E-state index contributed by atoms with van der Waals surface area (Å²) in [6, 6.07) is 39.7. The summed E-state index contributed by atoms with van der Waals surface area (Å²) in [6.45, 7) is 1.80. The number of benzene rings is 4. The fraction of sp³-hybridized carbons (Fsp3) is 0.366. The Morgan fingerprint density at radius 2 is 0.980 bits per heavy atom. The van der Waals surface area contributed by atoms with E-state index < -0.39 is 49.2 Å². The van der Waals surface area contributed by atoms with Gasteiger partial charge in [-0.1, -0.05) is 127 Å². The van der Waals surface area contributed by atoms with Gasteiger partial charge in [-0.05, 0) is 28.3 Å². The molecule has 8 atom stereocenters. The van der Waals surface area contributed by atoms with Gasteiger partial charge in [0.05, 0.1) is 39.6 Å². The van der Waals surface area contributed by atoms with Crippen LogP contribution in [-0.4, -0.2) is 74.6 Å². The van der Waals surface area contributed by atoms with Crippen LogP contribution in [0.25, 0.3) is 0 Å². The van der Waals surface area contributed by atoms with Crippen molar-refractivity contribution in [1.82, 2.24) is 0 Å². The molecule has 4 aromatic rings. The second-order valence-electron chi connectivity index (χ2n) is 12.3. The van der Waals surface area contributed by atoms with Gasteiger partial charge < -0.3 is 43.0 Å². The van der Waals surface area contributed by atoms with E-state index in [4.69, 9.17) is 37.9 Å². The molecule has 0 amide bonds. The summed E-state index contributed by atoms with van der Waals surface area (Å²) in [5, 5.41) is 10.8. The first kappa shape index (κ1) is 36.1. The van der Waals surface area contributed by atoms with Crippen LogP contribution in [0.3, 0.4) is 0 Å². The van der Waals surface area contributed by atoms with Gasteiger partial charge in [0.25, 0.3) is 0 Å². The zero-order valence-corrected chi connectivity index (χ0v) is 28.3. The Balaban J connectivity index is 1.22. The summed E-state index contributed by atoms with van der Waals surface area (Å²) in [5.41, 5.74) is 4.07. The number of aliphatic hydroxyl groups is 1. The summed E-state index contributed by atoms with van der Waals surface area (Å²) in [7, 11) is 1.58. The molecule has 2 aliphatic heterocycles. The molecule has 1 fully saturated rings. The van der Waals surface area contributed by atoms with Crippen LogP contribution in [-0.2, 0) is 64.3 Å². The summed E-state index contributed by atoms with van der Waals surface area (Å²) in [6.07, 6.45) is -2.39. The van der Waals surface area contributed by atoms with Crippen LogP contribution in [0.4, 0.5) is 0 Å². The minimum atomic E-state index is -0.860. The fourth-order valence-corrected chi connectivity index (χ4v) is 6.00. The molecule has 2 heterocycles. The summed E-state index contributed by atoms with van der Waals surface area (Å²) >= 11 is 0. The van der Waals surface area contributed by atoms with Crippen LogP contribution in [0.15, 0.2) is 133 Å². The average molecular weight is 683 g/mol. The monoisotopic (exact) mass is 682 g/mol. The Kier molecular flexibility index (Phi) is 13.7. The Hall–Kier alpha value is -3.74. The van der Waals surface area contributed by atoms with Crippen molar-refractivity contribution in [3.8, 4) is 0 Å². The third kappa shape index (κ3) is 10.4. The van der Waals surface area contributed by atoms with Gasteiger partial charge in [-0.25, -0.2) is 0 Å². The molecule has 6 rings (SSSR count). The van der Waals surface area contributed by atoms with Gasteiger partial charge in [0.2, 0.25) is 0 Å². The largest absolute Gasteiger partial charge is 0.386 e. The third-order valence-electron chi connectivity index (χ3n) is 8.63. The van der Waals surface area contributed by atoms with E-state index in [-0.39, 0.29) is 13.2 Å². The molecule has 0 radical (unpaired) electrons. The van der Waals surface area contributed by atoms with Crippen LogP contribution in [0.5, 0.6) is 0 Å². The van der Waals surface area contributed by atoms with Crippen molar-refractivity contribution in [1.29, 1.82) is 0 Å². The van der Waals surface area contributed by atoms with E-state index in [0.29, 0.717) is 26.4 Å². The highest BCUT2D eigenvalue weighted by atomic mass is 16.7. The summed E-state index contributed by atoms with van der Waals surface area (Å²) in [4.78, 5) is 0. The third-order valence-corrected chi connectivity index (χ3v) is 8.63. The van der Waals surface area contributed by atoms with E-state index in [1.165, 1.54) is 0 Å². The molecule has 2 aliphatic rings. The predicted octanol–water partition coefficient (Wildman–Crippen LogP) is 5.99. The van der Waals surface area contributed by atoms with Crippen molar-refractivity contribution < 1.29 is 43.0 Å². The molecule has 1 saturated heterocycles. The van der Waals surface area contributed by atoms with Gasteiger partial charge in [-0.2, -0.15) is 0 Å². The van der Waals surface area contributed by atoms with Crippen molar-refractivity contribution in [3.05, 3.63) is 156 Å². The molecule has 264 valence electrons. The molecule has 4 aromatic carbocycles. The van der Waals surface area contributed by atoms with Crippen molar-refractivity contribution in [2.45, 2.75) is 75.6 Å². The highest BCUT2D eigenvalue weighted by Gasteiger charge is 2.50. The normalized spacial score (nSPS) is 26.5. The highest BCUT2D eigenvalue weighted by molar-refractivity contribution is 5.16. The first-order valence-corrected chi connectivity index (χ1v) is 17.1. The van der Waals surface area contributed by atoms with Crippen molar-refractivity contribution >= 4 is 0 Å². The van der Waals surface area contributed by atoms with E-state index in [0.717, 1.165) is 22.3 Å². The zero-order chi connectivity index (χ0) is 34.4. The number of hydrogen-bond acceptors (Lipinski definition) is 9. The smallest absolute Gasteiger partial charge is 0.186 e. The number of aliphatic hydroxyl groups excluding tert-OH is 1. The van der Waals surface area contributed by atoms with E-state index >= 15 is 0 Å². The van der Waals surface area contributed by atoms with Gasteiger partial charge >= 0.3 is 0 Å². The molecule has 1 N–H and O–H groups in total. The number of methoxy groups -OCH3 is 1. The van der Waals surface area contributed by atoms with Crippen LogP contribution in [0.1, 0.15) is 22.3 Å². The lowest BCUT2D eigenvalue weighted by Crippen LogP contribution is -2.62. The lowest BCUT2D eigenvalue weighted by molar-refractivity contribution is -0.340. The first-order valence-electron chi connectivity index (χ1n) is 17.1. The molecule has 50 heavy (non-hydrogen) atoms. The number of hydrogen-bond donors (Lipinski definition) is 1. The Bertz CT molecular complexity index is 1540. The quantitative estimate of drug-likeness (QED) is 0.135. The van der Waals surface area contributed by atoms with E-state index in [9.17, 15) is 5.11 Å². The van der Waals surface area contributed by atoms with Crippen molar-refractivity contribution in [3.63, 3.8) is 0 Å². The zero-order valence-electron chi connectivity index (χ0n) is 28.3. The topological polar surface area (TPSA) is 94.1 Å². The molecule has 0 aromatic heterocycles. The Labute approximate surface area is 294 Å². The molecular weight excluding hydrogens is 636 g/mol. The van der Waals surface area contributed by atoms with Crippen LogP contribution in [0, 0.1) is 0 Å². The Morgan fingerprint density at radius 3 is 1.48 bits per heavy atom. The lowest BCUT2D eigenvalue weighted by Gasteiger charge is -2.46. The van der Waals surface area contributed by atoms with Gasteiger partial charge in [-0.15, -0.1) is 0 Å². The van der Waals surface area contributed by atoms with Gasteiger partial charge in [0.15, 0.2) is 12.6 Å². The molecule has 9 heteroatoms. The van der Waals surface area contributed by atoms with Gasteiger partial charge in [0.1, 0.15) is 36.6 Å². The van der Waals surface area contributed by atoms with Crippen LogP contribution in [0.2, 0.25) is 0 Å². The maximum atomic E-state index is 10.8. The van der Waals surface area contributed by atoms with Crippen LogP contribution < -0.4 is 0 Å². The van der Waals surface area contributed by atoms with E-state index in [1.807, 2.05) is 121 Å². The number of rotatable bonds is 17. The lowest BCUT2D eigenvalue weighted by atomic mass is 9.97. The summed E-state index contributed by atoms with van der Waals surface area (Å²) in [5.74, 6) is 0. The number of ether oxygens (including phenoxy) is 8. The maximum Gasteiger partial charge on any atom is 0.186 e. The van der Waals surface area contributed by atoms with Crippen molar-refractivity contribution in [2.75, 3.05) is 20.3 Å². The van der Waals surface area contributed by atoms with E-state index in [1.54, 1.807) is 19.3 Å². The molecule has 0 unspecified atom stereocenters. The molecule has 0 bridgehead atoms. The fourth-order valence-electron chi connectivity index (χ4n) is 6.00. The minimum Gasteiger partial charge on any atom is -0.386 e. The highest BCUT2D eigenvalue weighted by Crippen LogP contribution is 2.32. The molecule has 9 nitrogen and oxygen atoms in total. The second-order valence-corrected chi connectivity index (χ2v) is 12.3. The van der Waals surface area contributed by atoms with E-state index in [2.05, 4.69) is 0 Å². The maximum absolute atomic E-state index is 10.8. The van der Waals surface area contributed by atoms with Gasteiger partial charge in [-0.3, -0.25) is 0 Å². The predicted molar refractivity (Wildman–Crippen MR) is 187 cm³/mol. The SMILES string of the molecule is CO[C@H]1O[C@H](COCc2ccccc2)[C@@H](OCc2ccccc2)[C@H](O[C@H]2C=C[C@@H](O)[C@@H](COCc3ccccc3)O2)[C@H]1OCc1ccccc1. The van der Waals surface area contributed by atoms with Gasteiger partial charge in [0, 0.05) is 7.11 Å². The molecule has 0 aliphatic carbocycles. The Morgan fingerprint density at radius 1 is 0.520 bits per heavy atom. The molecule has 0 saturated carbocycles.